The Labute approximate surface area is 252 Å². The second-order valence-corrected chi connectivity index (χ2v) is 13.8. The van der Waals surface area contributed by atoms with Crippen molar-refractivity contribution in [2.24, 2.45) is 23.2 Å². The Hall–Kier alpha value is -3.44. The van der Waals surface area contributed by atoms with Gasteiger partial charge in [0.2, 0.25) is 11.8 Å². The number of ether oxygens (including phenoxy) is 1. The number of nitrogens with zero attached hydrogens (tertiary/aromatic N) is 4. The van der Waals surface area contributed by atoms with Crippen LogP contribution in [0.25, 0.3) is 15.9 Å². The molecule has 9 nitrogen and oxygen atoms in total. The van der Waals surface area contributed by atoms with Gasteiger partial charge < -0.3 is 15.4 Å². The molecular formula is C31H34N6O3S2. The highest BCUT2D eigenvalue weighted by Crippen LogP contribution is 2.60. The van der Waals surface area contributed by atoms with Gasteiger partial charge in [0.15, 0.2) is 16.1 Å². The average molecular weight is 603 g/mol. The smallest absolute Gasteiger partial charge is 0.236 e. The first kappa shape index (κ1) is 27.4. The second-order valence-electron chi connectivity index (χ2n) is 11.9. The lowest BCUT2D eigenvalue weighted by Gasteiger charge is -2.55. The highest BCUT2D eigenvalue weighted by atomic mass is 32.2. The number of amides is 2. The van der Waals surface area contributed by atoms with Gasteiger partial charge in [0, 0.05) is 11.1 Å². The molecule has 0 saturated heterocycles. The number of carbonyl (C=O) groups is 2. The summed E-state index contributed by atoms with van der Waals surface area (Å²) in [7, 11) is 0. The number of rotatable bonds is 10. The first-order chi connectivity index (χ1) is 20.5. The van der Waals surface area contributed by atoms with Gasteiger partial charge in [-0.3, -0.25) is 14.2 Å². The molecule has 4 aromatic rings. The molecule has 11 heteroatoms. The molecule has 0 spiro atoms. The SMILES string of the molecule is CCOc1ccc(-n2c(CNC(=O)C34CC5CC(CC(C5)C3)C4)nnc2SCC(=O)Nc2nc3ccccc3s2)cc1. The van der Waals surface area contributed by atoms with E-state index in [4.69, 9.17) is 4.74 Å². The minimum absolute atomic E-state index is 0.144. The van der Waals surface area contributed by atoms with E-state index in [1.54, 1.807) is 0 Å². The van der Waals surface area contributed by atoms with Gasteiger partial charge in [0.05, 0.1) is 29.1 Å². The lowest BCUT2D eigenvalue weighted by atomic mass is 9.49. The maximum atomic E-state index is 13.6. The van der Waals surface area contributed by atoms with Crippen LogP contribution in [0.4, 0.5) is 5.13 Å². The summed E-state index contributed by atoms with van der Waals surface area (Å²) in [6.45, 7) is 2.81. The first-order valence-electron chi connectivity index (χ1n) is 14.7. The van der Waals surface area contributed by atoms with Crippen molar-refractivity contribution in [3.63, 3.8) is 0 Å². The predicted octanol–water partition coefficient (Wildman–Crippen LogP) is 5.84. The van der Waals surface area contributed by atoms with E-state index in [9.17, 15) is 9.59 Å². The molecule has 4 aliphatic carbocycles. The number of carbonyl (C=O) groups excluding carboxylic acids is 2. The zero-order chi connectivity index (χ0) is 28.7. The van der Waals surface area contributed by atoms with Gasteiger partial charge in [-0.05, 0) is 99.6 Å². The van der Waals surface area contributed by atoms with Crippen LogP contribution in [0.3, 0.4) is 0 Å². The van der Waals surface area contributed by atoms with E-state index in [0.29, 0.717) is 40.5 Å². The number of thiazole rings is 1. The standard InChI is InChI=1S/C31H34N6O3S2/c1-2-40-23-9-7-22(8-10-23)37-26(17-32-28(39)31-14-19-11-20(15-31)13-21(12-19)16-31)35-36-30(37)41-18-27(38)34-29-33-24-5-3-4-6-25(24)42-29/h3-10,19-21H,2,11-18H2,1H3,(H,32,39)(H,33,34,38). The van der Waals surface area contributed by atoms with Crippen LogP contribution in [0.5, 0.6) is 5.75 Å². The minimum Gasteiger partial charge on any atom is -0.494 e. The summed E-state index contributed by atoms with van der Waals surface area (Å²) >= 11 is 2.75. The Balaban J connectivity index is 1.07. The van der Waals surface area contributed by atoms with Crippen molar-refractivity contribution in [2.75, 3.05) is 17.7 Å². The summed E-state index contributed by atoms with van der Waals surface area (Å²) in [5.41, 5.74) is 1.48. The number of hydrogen-bond donors (Lipinski definition) is 2. The largest absolute Gasteiger partial charge is 0.494 e. The van der Waals surface area contributed by atoms with Crippen molar-refractivity contribution in [3.05, 3.63) is 54.4 Å². The summed E-state index contributed by atoms with van der Waals surface area (Å²) in [5, 5.41) is 16.2. The van der Waals surface area contributed by atoms with Crippen molar-refractivity contribution in [3.8, 4) is 11.4 Å². The van der Waals surface area contributed by atoms with Gasteiger partial charge in [0.25, 0.3) is 0 Å². The quantitative estimate of drug-likeness (QED) is 0.220. The van der Waals surface area contributed by atoms with Gasteiger partial charge in [-0.15, -0.1) is 10.2 Å². The number of benzene rings is 2. The van der Waals surface area contributed by atoms with E-state index in [2.05, 4.69) is 25.8 Å². The normalized spacial score (nSPS) is 24.2. The molecule has 2 amide bonds. The van der Waals surface area contributed by atoms with Crippen molar-refractivity contribution in [1.82, 2.24) is 25.1 Å². The van der Waals surface area contributed by atoms with Crippen LogP contribution in [0.2, 0.25) is 0 Å². The third kappa shape index (κ3) is 5.40. The molecule has 42 heavy (non-hydrogen) atoms. The van der Waals surface area contributed by atoms with Gasteiger partial charge in [0.1, 0.15) is 5.75 Å². The second kappa shape index (κ2) is 11.3. The summed E-state index contributed by atoms with van der Waals surface area (Å²) < 4.78 is 8.58. The number of thioether (sulfide) groups is 1. The maximum absolute atomic E-state index is 13.6. The average Bonchev–Trinajstić information content (AvgIpc) is 3.58. The summed E-state index contributed by atoms with van der Waals surface area (Å²) in [6.07, 6.45) is 6.94. The Kier molecular flexibility index (Phi) is 7.39. The molecular weight excluding hydrogens is 569 g/mol. The fourth-order valence-electron chi connectivity index (χ4n) is 7.57. The molecule has 4 fully saturated rings. The van der Waals surface area contributed by atoms with Crippen LogP contribution in [0.15, 0.2) is 53.7 Å². The van der Waals surface area contributed by atoms with E-state index in [0.717, 1.165) is 40.9 Å². The number of aromatic nitrogens is 4. The lowest BCUT2D eigenvalue weighted by molar-refractivity contribution is -0.146. The molecule has 218 valence electrons. The molecule has 2 aromatic carbocycles. The summed E-state index contributed by atoms with van der Waals surface area (Å²) in [5.74, 6) is 3.64. The third-order valence-electron chi connectivity index (χ3n) is 8.91. The number of anilines is 1. The Morgan fingerprint density at radius 2 is 1.74 bits per heavy atom. The Morgan fingerprint density at radius 3 is 2.43 bits per heavy atom. The summed E-state index contributed by atoms with van der Waals surface area (Å²) in [4.78, 5) is 31.0. The van der Waals surface area contributed by atoms with Gasteiger partial charge in [-0.25, -0.2) is 4.98 Å². The van der Waals surface area contributed by atoms with Crippen LogP contribution in [0, 0.1) is 23.2 Å². The van der Waals surface area contributed by atoms with Crippen molar-refractivity contribution in [1.29, 1.82) is 0 Å². The fraction of sp³-hybridized carbons (Fsp3) is 0.452. The van der Waals surface area contributed by atoms with Gasteiger partial charge >= 0.3 is 0 Å². The molecule has 0 unspecified atom stereocenters. The topological polar surface area (TPSA) is 111 Å². The molecule has 4 saturated carbocycles. The highest BCUT2D eigenvalue weighted by Gasteiger charge is 2.54. The zero-order valence-corrected chi connectivity index (χ0v) is 25.2. The number of fused-ring (bicyclic) bond motifs is 1. The summed E-state index contributed by atoms with van der Waals surface area (Å²) in [6, 6.07) is 15.5. The first-order valence-corrected chi connectivity index (χ1v) is 16.5. The van der Waals surface area contributed by atoms with Gasteiger partial charge in [-0.2, -0.15) is 0 Å². The van der Waals surface area contributed by atoms with E-state index < -0.39 is 0 Å². The molecule has 0 atom stereocenters. The minimum atomic E-state index is -0.227. The van der Waals surface area contributed by atoms with Crippen LogP contribution in [-0.2, 0) is 16.1 Å². The molecule has 0 aliphatic heterocycles. The van der Waals surface area contributed by atoms with Crippen molar-refractivity contribution >= 4 is 50.3 Å². The highest BCUT2D eigenvalue weighted by molar-refractivity contribution is 7.99. The Bertz CT molecular complexity index is 1550. The molecule has 2 heterocycles. The van der Waals surface area contributed by atoms with Crippen LogP contribution in [-0.4, -0.2) is 43.9 Å². The van der Waals surface area contributed by atoms with Crippen molar-refractivity contribution in [2.45, 2.75) is 57.1 Å². The molecule has 2 N–H and O–H groups in total. The van der Waals surface area contributed by atoms with Crippen LogP contribution >= 0.6 is 23.1 Å². The number of nitrogens with one attached hydrogen (secondary N) is 2. The zero-order valence-electron chi connectivity index (χ0n) is 23.5. The van der Waals surface area contributed by atoms with Crippen molar-refractivity contribution < 1.29 is 14.3 Å². The fourth-order valence-corrected chi connectivity index (χ4v) is 9.23. The molecule has 0 radical (unpaired) electrons. The van der Waals surface area contributed by atoms with E-state index in [1.165, 1.54) is 42.4 Å². The van der Waals surface area contributed by atoms with Gasteiger partial charge in [-0.1, -0.05) is 35.2 Å². The third-order valence-corrected chi connectivity index (χ3v) is 10.8. The van der Waals surface area contributed by atoms with E-state index in [1.807, 2.05) is 60.0 Å². The monoisotopic (exact) mass is 602 g/mol. The number of hydrogen-bond acceptors (Lipinski definition) is 8. The molecule has 4 bridgehead atoms. The lowest BCUT2D eigenvalue weighted by Crippen LogP contribution is -2.53. The molecule has 2 aromatic heterocycles. The molecule has 4 aliphatic rings. The number of para-hydroxylation sites is 1. The Morgan fingerprint density at radius 1 is 1.02 bits per heavy atom. The van der Waals surface area contributed by atoms with Crippen LogP contribution < -0.4 is 15.4 Å². The van der Waals surface area contributed by atoms with Crippen LogP contribution in [0.1, 0.15) is 51.3 Å². The predicted molar refractivity (Wildman–Crippen MR) is 164 cm³/mol. The maximum Gasteiger partial charge on any atom is 0.236 e. The molecule has 8 rings (SSSR count). The van der Waals surface area contributed by atoms with E-state index >= 15 is 0 Å². The van der Waals surface area contributed by atoms with E-state index in [-0.39, 0.29) is 29.5 Å².